The van der Waals surface area contributed by atoms with E-state index >= 15 is 0 Å². The average Bonchev–Trinajstić information content (AvgIpc) is 2.36. The molecule has 1 aliphatic rings. The highest BCUT2D eigenvalue weighted by Gasteiger charge is 2.18. The maximum Gasteiger partial charge on any atom is 0.310 e. The van der Waals surface area contributed by atoms with Crippen molar-refractivity contribution < 1.29 is 14.3 Å². The summed E-state index contributed by atoms with van der Waals surface area (Å²) in [5.41, 5.74) is 0. The largest absolute Gasteiger partial charge is 0.469 e. The second kappa shape index (κ2) is 7.55. The molecule has 0 radical (unpaired) electrons. The van der Waals surface area contributed by atoms with Gasteiger partial charge in [-0.2, -0.15) is 11.8 Å². The van der Waals surface area contributed by atoms with E-state index in [2.05, 4.69) is 15.4 Å². The Morgan fingerprint density at radius 3 is 2.94 bits per heavy atom. The van der Waals surface area contributed by atoms with Crippen LogP contribution in [0.1, 0.15) is 13.3 Å². The molecule has 2 atom stereocenters. The molecule has 5 nitrogen and oxygen atoms in total. The van der Waals surface area contributed by atoms with E-state index in [0.717, 1.165) is 18.1 Å². The van der Waals surface area contributed by atoms with Gasteiger partial charge in [-0.25, -0.2) is 0 Å². The topological polar surface area (TPSA) is 67.4 Å². The SMILES string of the molecule is COC(=O)C(C)CNC(=O)CC1CSCCN1. The van der Waals surface area contributed by atoms with Gasteiger partial charge in [0.25, 0.3) is 0 Å². The van der Waals surface area contributed by atoms with E-state index < -0.39 is 0 Å². The third kappa shape index (κ3) is 5.41. The predicted molar refractivity (Wildman–Crippen MR) is 67.9 cm³/mol. The van der Waals surface area contributed by atoms with Gasteiger partial charge >= 0.3 is 5.97 Å². The van der Waals surface area contributed by atoms with Gasteiger partial charge in [0.1, 0.15) is 0 Å². The summed E-state index contributed by atoms with van der Waals surface area (Å²) in [5.74, 6) is 1.48. The summed E-state index contributed by atoms with van der Waals surface area (Å²) in [4.78, 5) is 22.7. The minimum Gasteiger partial charge on any atom is -0.469 e. The fourth-order valence-corrected chi connectivity index (χ4v) is 2.55. The van der Waals surface area contributed by atoms with Crippen molar-refractivity contribution in [2.45, 2.75) is 19.4 Å². The van der Waals surface area contributed by atoms with Crippen molar-refractivity contribution in [3.8, 4) is 0 Å². The minimum absolute atomic E-state index is 0.0132. The molecular formula is C11H20N2O3S. The lowest BCUT2D eigenvalue weighted by molar-refractivity contribution is -0.144. The Labute approximate surface area is 106 Å². The van der Waals surface area contributed by atoms with E-state index in [4.69, 9.17) is 0 Å². The van der Waals surface area contributed by atoms with Crippen molar-refractivity contribution in [2.24, 2.45) is 5.92 Å². The molecule has 1 fully saturated rings. The first kappa shape index (κ1) is 14.3. The number of thioether (sulfide) groups is 1. The molecule has 0 saturated carbocycles. The molecule has 1 rings (SSSR count). The van der Waals surface area contributed by atoms with Gasteiger partial charge in [-0.15, -0.1) is 0 Å². The quantitative estimate of drug-likeness (QED) is 0.682. The lowest BCUT2D eigenvalue weighted by atomic mass is 10.1. The molecule has 6 heteroatoms. The Morgan fingerprint density at radius 1 is 1.59 bits per heavy atom. The van der Waals surface area contributed by atoms with Crippen LogP contribution in [-0.2, 0) is 14.3 Å². The molecule has 1 heterocycles. The molecule has 0 aromatic carbocycles. The van der Waals surface area contributed by atoms with Crippen molar-refractivity contribution in [1.82, 2.24) is 10.6 Å². The van der Waals surface area contributed by atoms with Crippen molar-refractivity contribution in [1.29, 1.82) is 0 Å². The van der Waals surface area contributed by atoms with Crippen LogP contribution in [0.4, 0.5) is 0 Å². The molecule has 98 valence electrons. The predicted octanol–water partition coefficient (Wildman–Crippen LogP) is 0.00680. The number of methoxy groups -OCH3 is 1. The lowest BCUT2D eigenvalue weighted by Crippen LogP contribution is -2.42. The molecule has 2 N–H and O–H groups in total. The second-order valence-electron chi connectivity index (χ2n) is 4.16. The monoisotopic (exact) mass is 260 g/mol. The zero-order chi connectivity index (χ0) is 12.7. The summed E-state index contributed by atoms with van der Waals surface area (Å²) >= 11 is 1.86. The molecule has 0 bridgehead atoms. The summed E-state index contributed by atoms with van der Waals surface area (Å²) in [6.45, 7) is 3.04. The first-order valence-electron chi connectivity index (χ1n) is 5.79. The van der Waals surface area contributed by atoms with E-state index in [-0.39, 0.29) is 23.8 Å². The molecule has 1 saturated heterocycles. The molecule has 1 aliphatic heterocycles. The molecule has 2 unspecified atom stereocenters. The van der Waals surface area contributed by atoms with Crippen molar-refractivity contribution in [3.05, 3.63) is 0 Å². The molecule has 0 aromatic heterocycles. The number of hydrogen-bond acceptors (Lipinski definition) is 5. The fourth-order valence-electron chi connectivity index (χ4n) is 1.60. The van der Waals surface area contributed by atoms with Gasteiger partial charge in [0.15, 0.2) is 0 Å². The van der Waals surface area contributed by atoms with Crippen LogP contribution in [0.25, 0.3) is 0 Å². The van der Waals surface area contributed by atoms with E-state index in [9.17, 15) is 9.59 Å². The summed E-state index contributed by atoms with van der Waals surface area (Å²) in [5, 5.41) is 6.05. The number of esters is 1. The van der Waals surface area contributed by atoms with E-state index in [1.165, 1.54) is 7.11 Å². The van der Waals surface area contributed by atoms with Gasteiger partial charge in [-0.3, -0.25) is 9.59 Å². The van der Waals surface area contributed by atoms with Crippen LogP contribution in [0, 0.1) is 5.92 Å². The number of rotatable bonds is 5. The molecule has 0 spiro atoms. The summed E-state index contributed by atoms with van der Waals surface area (Å²) in [7, 11) is 1.35. The Hall–Kier alpha value is -0.750. The number of ether oxygens (including phenoxy) is 1. The van der Waals surface area contributed by atoms with Crippen LogP contribution in [0.3, 0.4) is 0 Å². The first-order valence-corrected chi connectivity index (χ1v) is 6.94. The number of hydrogen-bond donors (Lipinski definition) is 2. The highest BCUT2D eigenvalue weighted by Crippen LogP contribution is 2.10. The van der Waals surface area contributed by atoms with Crippen LogP contribution in [0.15, 0.2) is 0 Å². The summed E-state index contributed by atoms with van der Waals surface area (Å²) in [6, 6.07) is 0.252. The van der Waals surface area contributed by atoms with Crippen LogP contribution >= 0.6 is 11.8 Å². The maximum absolute atomic E-state index is 11.6. The van der Waals surface area contributed by atoms with Crippen LogP contribution in [0.5, 0.6) is 0 Å². The van der Waals surface area contributed by atoms with Gasteiger partial charge in [0, 0.05) is 37.1 Å². The Morgan fingerprint density at radius 2 is 2.35 bits per heavy atom. The lowest BCUT2D eigenvalue weighted by Gasteiger charge is -2.22. The van der Waals surface area contributed by atoms with Crippen molar-refractivity contribution >= 4 is 23.6 Å². The Balaban J connectivity index is 2.18. The Bertz CT molecular complexity index is 267. The highest BCUT2D eigenvalue weighted by atomic mass is 32.2. The molecule has 0 aliphatic carbocycles. The third-order valence-electron chi connectivity index (χ3n) is 2.64. The summed E-state index contributed by atoms with van der Waals surface area (Å²) < 4.78 is 4.59. The van der Waals surface area contributed by atoms with Crippen molar-refractivity contribution in [3.63, 3.8) is 0 Å². The van der Waals surface area contributed by atoms with E-state index in [1.807, 2.05) is 11.8 Å². The smallest absolute Gasteiger partial charge is 0.310 e. The van der Waals surface area contributed by atoms with Crippen molar-refractivity contribution in [2.75, 3.05) is 31.7 Å². The number of amides is 1. The van der Waals surface area contributed by atoms with Crippen LogP contribution in [-0.4, -0.2) is 49.6 Å². The maximum atomic E-state index is 11.6. The van der Waals surface area contributed by atoms with Crippen LogP contribution < -0.4 is 10.6 Å². The average molecular weight is 260 g/mol. The number of carbonyl (C=O) groups is 2. The highest BCUT2D eigenvalue weighted by molar-refractivity contribution is 7.99. The summed E-state index contributed by atoms with van der Waals surface area (Å²) in [6.07, 6.45) is 0.473. The van der Waals surface area contributed by atoms with Gasteiger partial charge in [0.05, 0.1) is 13.0 Å². The fraction of sp³-hybridized carbons (Fsp3) is 0.818. The Kier molecular flexibility index (Phi) is 6.36. The van der Waals surface area contributed by atoms with E-state index in [0.29, 0.717) is 13.0 Å². The minimum atomic E-state index is -0.295. The second-order valence-corrected chi connectivity index (χ2v) is 5.31. The molecular weight excluding hydrogens is 240 g/mol. The number of carbonyl (C=O) groups excluding carboxylic acids is 2. The van der Waals surface area contributed by atoms with Gasteiger partial charge in [-0.05, 0) is 0 Å². The zero-order valence-corrected chi connectivity index (χ0v) is 11.1. The first-order chi connectivity index (χ1) is 8.13. The van der Waals surface area contributed by atoms with E-state index in [1.54, 1.807) is 6.92 Å². The van der Waals surface area contributed by atoms with Gasteiger partial charge in [0.2, 0.25) is 5.91 Å². The molecule has 17 heavy (non-hydrogen) atoms. The van der Waals surface area contributed by atoms with Gasteiger partial charge < -0.3 is 15.4 Å². The van der Waals surface area contributed by atoms with Gasteiger partial charge in [-0.1, -0.05) is 6.92 Å². The van der Waals surface area contributed by atoms with Crippen LogP contribution in [0.2, 0.25) is 0 Å². The number of nitrogens with one attached hydrogen (secondary N) is 2. The molecule has 1 amide bonds. The standard InChI is InChI=1S/C11H20N2O3S/c1-8(11(15)16-2)6-13-10(14)5-9-7-17-4-3-12-9/h8-9,12H,3-7H2,1-2H3,(H,13,14). The third-order valence-corrected chi connectivity index (χ3v) is 3.77. The molecule has 0 aromatic rings. The zero-order valence-electron chi connectivity index (χ0n) is 10.3. The normalized spacial score (nSPS) is 21.6.